The van der Waals surface area contributed by atoms with Gasteiger partial charge >= 0.3 is 0 Å². The van der Waals surface area contributed by atoms with Crippen LogP contribution in [-0.4, -0.2) is 47.6 Å². The van der Waals surface area contributed by atoms with Gasteiger partial charge in [0.05, 0.1) is 24.4 Å². The summed E-state index contributed by atoms with van der Waals surface area (Å²) in [5.41, 5.74) is 1.51. The van der Waals surface area contributed by atoms with Gasteiger partial charge in [-0.2, -0.15) is 0 Å². The van der Waals surface area contributed by atoms with Gasteiger partial charge in [0.1, 0.15) is 0 Å². The third kappa shape index (κ3) is 3.47. The minimum atomic E-state index is -0.144. The highest BCUT2D eigenvalue weighted by Crippen LogP contribution is 2.26. The first-order valence-electron chi connectivity index (χ1n) is 5.96. The number of carbonyl (C=O) groups is 1. The van der Waals surface area contributed by atoms with Crippen molar-refractivity contribution in [3.63, 3.8) is 0 Å². The molecule has 0 saturated carbocycles. The van der Waals surface area contributed by atoms with E-state index in [-0.39, 0.29) is 19.1 Å². The zero-order valence-electron chi connectivity index (χ0n) is 10.6. The minimum Gasteiger partial charge on any atom is -0.395 e. The lowest BCUT2D eigenvalue weighted by Crippen LogP contribution is -2.32. The van der Waals surface area contributed by atoms with Crippen molar-refractivity contribution in [2.75, 3.05) is 32.1 Å². The number of aromatic nitrogens is 1. The number of halogens is 1. The number of fused-ring (bicyclic) bond motifs is 1. The van der Waals surface area contributed by atoms with E-state index >= 15 is 0 Å². The Balaban J connectivity index is 2.12. The molecule has 0 radical (unpaired) electrons. The van der Waals surface area contributed by atoms with E-state index in [9.17, 15) is 4.79 Å². The van der Waals surface area contributed by atoms with Gasteiger partial charge in [0.15, 0.2) is 0 Å². The van der Waals surface area contributed by atoms with Gasteiger partial charge in [-0.3, -0.25) is 9.69 Å². The molecule has 19 heavy (non-hydrogen) atoms. The molecule has 0 aliphatic rings. The lowest BCUT2D eigenvalue weighted by Gasteiger charge is -2.15. The SMILES string of the molecule is CN(CCO)CC(=O)Nc1cc(Cl)cc2cc[nH]c12. The Bertz CT molecular complexity index is 582. The van der Waals surface area contributed by atoms with E-state index in [0.29, 0.717) is 17.3 Å². The number of benzene rings is 1. The van der Waals surface area contributed by atoms with Crippen LogP contribution in [0.1, 0.15) is 0 Å². The highest BCUT2D eigenvalue weighted by molar-refractivity contribution is 6.32. The molecule has 1 aromatic carbocycles. The Morgan fingerprint density at radius 3 is 3.05 bits per heavy atom. The molecule has 2 aromatic rings. The van der Waals surface area contributed by atoms with Crippen molar-refractivity contribution in [2.24, 2.45) is 0 Å². The fourth-order valence-corrected chi connectivity index (χ4v) is 2.15. The molecule has 1 aromatic heterocycles. The van der Waals surface area contributed by atoms with Crippen molar-refractivity contribution in [2.45, 2.75) is 0 Å². The molecule has 0 fully saturated rings. The number of H-pyrrole nitrogens is 1. The number of aromatic amines is 1. The molecule has 5 nitrogen and oxygen atoms in total. The molecule has 0 aliphatic heterocycles. The van der Waals surface area contributed by atoms with Crippen molar-refractivity contribution >= 4 is 34.1 Å². The summed E-state index contributed by atoms with van der Waals surface area (Å²) in [5, 5.41) is 13.1. The first kappa shape index (κ1) is 13.9. The van der Waals surface area contributed by atoms with Crippen molar-refractivity contribution < 1.29 is 9.90 Å². The number of hydrogen-bond acceptors (Lipinski definition) is 3. The van der Waals surface area contributed by atoms with Gasteiger partial charge in [-0.25, -0.2) is 0 Å². The molecular weight excluding hydrogens is 266 g/mol. The van der Waals surface area contributed by atoms with Crippen LogP contribution < -0.4 is 5.32 Å². The molecule has 0 bridgehead atoms. The number of likely N-dealkylation sites (N-methyl/N-ethyl adjacent to an activating group) is 1. The maximum Gasteiger partial charge on any atom is 0.238 e. The third-order valence-electron chi connectivity index (χ3n) is 2.79. The first-order chi connectivity index (χ1) is 9.10. The third-order valence-corrected chi connectivity index (χ3v) is 3.01. The Labute approximate surface area is 116 Å². The predicted octanol–water partition coefficient (Wildman–Crippen LogP) is 1.68. The normalized spacial score (nSPS) is 11.2. The smallest absolute Gasteiger partial charge is 0.238 e. The number of nitrogens with zero attached hydrogens (tertiary/aromatic N) is 1. The lowest BCUT2D eigenvalue weighted by atomic mass is 10.2. The molecule has 0 unspecified atom stereocenters. The van der Waals surface area contributed by atoms with E-state index in [2.05, 4.69) is 10.3 Å². The molecule has 2 rings (SSSR count). The number of anilines is 1. The van der Waals surface area contributed by atoms with E-state index in [0.717, 1.165) is 10.9 Å². The van der Waals surface area contributed by atoms with Gasteiger partial charge in [-0.15, -0.1) is 0 Å². The summed E-state index contributed by atoms with van der Waals surface area (Å²) in [6.45, 7) is 0.706. The van der Waals surface area contributed by atoms with Crippen LogP contribution in [0.4, 0.5) is 5.69 Å². The van der Waals surface area contributed by atoms with E-state index < -0.39 is 0 Å². The fraction of sp³-hybridized carbons (Fsp3) is 0.308. The lowest BCUT2D eigenvalue weighted by molar-refractivity contribution is -0.117. The number of nitrogens with one attached hydrogen (secondary N) is 2. The van der Waals surface area contributed by atoms with E-state index in [1.807, 2.05) is 12.1 Å². The minimum absolute atomic E-state index is 0.0296. The van der Waals surface area contributed by atoms with Crippen molar-refractivity contribution in [1.29, 1.82) is 0 Å². The Morgan fingerprint density at radius 2 is 2.32 bits per heavy atom. The number of hydrogen-bond donors (Lipinski definition) is 3. The summed E-state index contributed by atoms with van der Waals surface area (Å²) in [4.78, 5) is 16.7. The molecular formula is C13H16ClN3O2. The predicted molar refractivity (Wildman–Crippen MR) is 76.5 cm³/mol. The summed E-state index contributed by atoms with van der Waals surface area (Å²) >= 11 is 6.01. The van der Waals surface area contributed by atoms with Crippen LogP contribution in [0, 0.1) is 0 Å². The number of carbonyl (C=O) groups excluding carboxylic acids is 1. The first-order valence-corrected chi connectivity index (χ1v) is 6.34. The maximum absolute atomic E-state index is 11.9. The summed E-state index contributed by atoms with van der Waals surface area (Å²) in [6.07, 6.45) is 1.80. The maximum atomic E-state index is 11.9. The van der Waals surface area contributed by atoms with Crippen molar-refractivity contribution in [3.05, 3.63) is 29.4 Å². The summed E-state index contributed by atoms with van der Waals surface area (Å²) in [5.74, 6) is -0.144. The number of aliphatic hydroxyl groups is 1. The Hall–Kier alpha value is -1.56. The Morgan fingerprint density at radius 1 is 1.53 bits per heavy atom. The van der Waals surface area contributed by atoms with E-state index in [1.165, 1.54) is 0 Å². The van der Waals surface area contributed by atoms with Crippen LogP contribution in [0.5, 0.6) is 0 Å². The van der Waals surface area contributed by atoms with Crippen LogP contribution in [0.2, 0.25) is 5.02 Å². The molecule has 0 saturated heterocycles. The number of rotatable bonds is 5. The monoisotopic (exact) mass is 281 g/mol. The molecule has 6 heteroatoms. The topological polar surface area (TPSA) is 68.4 Å². The van der Waals surface area contributed by atoms with Gasteiger partial charge < -0.3 is 15.4 Å². The number of aliphatic hydroxyl groups excluding tert-OH is 1. The molecule has 102 valence electrons. The average molecular weight is 282 g/mol. The molecule has 0 aliphatic carbocycles. The number of amides is 1. The van der Waals surface area contributed by atoms with Gasteiger partial charge in [0, 0.05) is 23.2 Å². The summed E-state index contributed by atoms with van der Waals surface area (Å²) in [6, 6.07) is 5.44. The largest absolute Gasteiger partial charge is 0.395 e. The van der Waals surface area contributed by atoms with Crippen LogP contribution in [0.15, 0.2) is 24.4 Å². The zero-order valence-corrected chi connectivity index (χ0v) is 11.4. The quantitative estimate of drug-likeness (QED) is 0.781. The summed E-state index contributed by atoms with van der Waals surface area (Å²) in [7, 11) is 1.78. The Kier molecular flexibility index (Phi) is 4.42. The highest BCUT2D eigenvalue weighted by Gasteiger charge is 2.10. The second-order valence-corrected chi connectivity index (χ2v) is 4.84. The van der Waals surface area contributed by atoms with Crippen LogP contribution in [-0.2, 0) is 4.79 Å². The van der Waals surface area contributed by atoms with Crippen LogP contribution >= 0.6 is 11.6 Å². The van der Waals surface area contributed by atoms with Crippen LogP contribution in [0.3, 0.4) is 0 Å². The average Bonchev–Trinajstić information content (AvgIpc) is 2.76. The van der Waals surface area contributed by atoms with Crippen molar-refractivity contribution in [3.8, 4) is 0 Å². The van der Waals surface area contributed by atoms with Crippen LogP contribution in [0.25, 0.3) is 10.9 Å². The van der Waals surface area contributed by atoms with E-state index in [1.54, 1.807) is 24.2 Å². The molecule has 0 spiro atoms. The standard InChI is InChI=1S/C13H16ClN3O2/c1-17(4-5-18)8-12(19)16-11-7-10(14)6-9-2-3-15-13(9)11/h2-3,6-7,15,18H,4-5,8H2,1H3,(H,16,19). The second kappa shape index (κ2) is 6.06. The highest BCUT2D eigenvalue weighted by atomic mass is 35.5. The van der Waals surface area contributed by atoms with Gasteiger partial charge in [0.2, 0.25) is 5.91 Å². The second-order valence-electron chi connectivity index (χ2n) is 4.40. The fourth-order valence-electron chi connectivity index (χ4n) is 1.92. The van der Waals surface area contributed by atoms with E-state index in [4.69, 9.17) is 16.7 Å². The molecule has 1 heterocycles. The summed E-state index contributed by atoms with van der Waals surface area (Å²) < 4.78 is 0. The van der Waals surface area contributed by atoms with Crippen molar-refractivity contribution in [1.82, 2.24) is 9.88 Å². The zero-order chi connectivity index (χ0) is 13.8. The molecule has 1 amide bonds. The molecule has 3 N–H and O–H groups in total. The molecule has 0 atom stereocenters. The van der Waals surface area contributed by atoms with Gasteiger partial charge in [-0.1, -0.05) is 11.6 Å². The van der Waals surface area contributed by atoms with Gasteiger partial charge in [-0.05, 0) is 25.2 Å². The van der Waals surface area contributed by atoms with Gasteiger partial charge in [0.25, 0.3) is 0 Å².